The molecule has 0 aliphatic rings. The highest BCUT2D eigenvalue weighted by Gasteiger charge is 2.10. The highest BCUT2D eigenvalue weighted by molar-refractivity contribution is 5.77. The first kappa shape index (κ1) is 14.9. The average Bonchev–Trinajstić information content (AvgIpc) is 2.21. The van der Waals surface area contributed by atoms with Gasteiger partial charge < -0.3 is 10.0 Å². The Hall–Kier alpha value is -1.10. The van der Waals surface area contributed by atoms with Crippen LogP contribution >= 0.6 is 0 Å². The van der Waals surface area contributed by atoms with Crippen molar-refractivity contribution in [1.29, 1.82) is 0 Å². The van der Waals surface area contributed by atoms with Crippen LogP contribution in [-0.2, 0) is 9.59 Å². The SMILES string of the molecule is CCN(CCCCC(=O)O)CC(=O)N(C)C. The van der Waals surface area contributed by atoms with Gasteiger partial charge in [-0.15, -0.1) is 0 Å². The van der Waals surface area contributed by atoms with Crippen LogP contribution in [0, 0.1) is 0 Å². The van der Waals surface area contributed by atoms with Crippen LogP contribution in [0.5, 0.6) is 0 Å². The number of carboxylic acids is 1. The van der Waals surface area contributed by atoms with E-state index in [1.807, 2.05) is 11.8 Å². The maximum absolute atomic E-state index is 11.4. The molecular weight excluding hydrogens is 208 g/mol. The van der Waals surface area contributed by atoms with Gasteiger partial charge in [0.2, 0.25) is 5.91 Å². The normalized spacial score (nSPS) is 10.5. The van der Waals surface area contributed by atoms with Crippen molar-refractivity contribution in [3.05, 3.63) is 0 Å². The molecule has 0 aromatic heterocycles. The highest BCUT2D eigenvalue weighted by atomic mass is 16.4. The standard InChI is InChI=1S/C11H22N2O3/c1-4-13(9-10(14)12(2)3)8-6-5-7-11(15)16/h4-9H2,1-3H3,(H,15,16). The van der Waals surface area contributed by atoms with Gasteiger partial charge in [0.1, 0.15) is 0 Å². The van der Waals surface area contributed by atoms with E-state index in [0.29, 0.717) is 13.0 Å². The van der Waals surface area contributed by atoms with Crippen molar-refractivity contribution in [3.63, 3.8) is 0 Å². The fraction of sp³-hybridized carbons (Fsp3) is 0.818. The Balaban J connectivity index is 3.75. The van der Waals surface area contributed by atoms with E-state index in [1.54, 1.807) is 19.0 Å². The molecule has 0 saturated heterocycles. The number of amides is 1. The summed E-state index contributed by atoms with van der Waals surface area (Å²) in [6, 6.07) is 0. The molecule has 0 radical (unpaired) electrons. The van der Waals surface area contributed by atoms with Gasteiger partial charge in [-0.2, -0.15) is 0 Å². The average molecular weight is 230 g/mol. The minimum absolute atomic E-state index is 0.0834. The van der Waals surface area contributed by atoms with E-state index in [-0.39, 0.29) is 12.3 Å². The molecular formula is C11H22N2O3. The first-order chi connectivity index (χ1) is 7.47. The summed E-state index contributed by atoms with van der Waals surface area (Å²) in [5, 5.41) is 8.48. The lowest BCUT2D eigenvalue weighted by molar-refractivity contribution is -0.137. The first-order valence-corrected chi connectivity index (χ1v) is 5.61. The van der Waals surface area contributed by atoms with E-state index in [0.717, 1.165) is 19.5 Å². The summed E-state index contributed by atoms with van der Waals surface area (Å²) in [6.07, 6.45) is 1.70. The van der Waals surface area contributed by atoms with Crippen molar-refractivity contribution < 1.29 is 14.7 Å². The van der Waals surface area contributed by atoms with Crippen LogP contribution in [0.4, 0.5) is 0 Å². The van der Waals surface area contributed by atoms with Crippen LogP contribution < -0.4 is 0 Å². The minimum atomic E-state index is -0.757. The Labute approximate surface area is 97.0 Å². The maximum Gasteiger partial charge on any atom is 0.303 e. The number of unbranched alkanes of at least 4 members (excludes halogenated alkanes) is 1. The molecule has 0 saturated carbocycles. The van der Waals surface area contributed by atoms with Crippen molar-refractivity contribution in [3.8, 4) is 0 Å². The third-order valence-corrected chi connectivity index (χ3v) is 2.42. The fourth-order valence-electron chi connectivity index (χ4n) is 1.29. The lowest BCUT2D eigenvalue weighted by Crippen LogP contribution is -2.37. The van der Waals surface area contributed by atoms with Gasteiger partial charge in [-0.3, -0.25) is 14.5 Å². The molecule has 94 valence electrons. The minimum Gasteiger partial charge on any atom is -0.481 e. The Morgan fingerprint density at radius 2 is 1.81 bits per heavy atom. The molecule has 0 bridgehead atoms. The summed E-state index contributed by atoms with van der Waals surface area (Å²) >= 11 is 0. The quantitative estimate of drug-likeness (QED) is 0.622. The van der Waals surface area contributed by atoms with Crippen molar-refractivity contribution in [2.45, 2.75) is 26.2 Å². The van der Waals surface area contributed by atoms with Gasteiger partial charge in [0.15, 0.2) is 0 Å². The van der Waals surface area contributed by atoms with Crippen molar-refractivity contribution in [1.82, 2.24) is 9.80 Å². The molecule has 5 heteroatoms. The zero-order valence-corrected chi connectivity index (χ0v) is 10.4. The Bertz CT molecular complexity index is 229. The first-order valence-electron chi connectivity index (χ1n) is 5.61. The lowest BCUT2D eigenvalue weighted by atomic mass is 10.2. The summed E-state index contributed by atoms with van der Waals surface area (Å²) in [6.45, 7) is 4.01. The molecule has 5 nitrogen and oxygen atoms in total. The van der Waals surface area contributed by atoms with Gasteiger partial charge in [-0.05, 0) is 25.9 Å². The molecule has 1 amide bonds. The molecule has 16 heavy (non-hydrogen) atoms. The molecule has 0 aliphatic heterocycles. The van der Waals surface area contributed by atoms with Crippen LogP contribution in [0.3, 0.4) is 0 Å². The highest BCUT2D eigenvalue weighted by Crippen LogP contribution is 1.99. The predicted molar refractivity (Wildman–Crippen MR) is 62.3 cm³/mol. The van der Waals surface area contributed by atoms with E-state index in [2.05, 4.69) is 0 Å². The van der Waals surface area contributed by atoms with Crippen LogP contribution in [0.1, 0.15) is 26.2 Å². The zero-order valence-electron chi connectivity index (χ0n) is 10.4. The molecule has 0 unspecified atom stereocenters. The topological polar surface area (TPSA) is 60.9 Å². The Kier molecular flexibility index (Phi) is 7.54. The van der Waals surface area contributed by atoms with Crippen molar-refractivity contribution in [2.75, 3.05) is 33.7 Å². The lowest BCUT2D eigenvalue weighted by Gasteiger charge is -2.21. The number of rotatable bonds is 8. The Morgan fingerprint density at radius 3 is 2.25 bits per heavy atom. The van der Waals surface area contributed by atoms with E-state index in [9.17, 15) is 9.59 Å². The van der Waals surface area contributed by atoms with Gasteiger partial charge in [0.05, 0.1) is 6.54 Å². The molecule has 0 heterocycles. The number of aliphatic carboxylic acids is 1. The maximum atomic E-state index is 11.4. The fourth-order valence-corrected chi connectivity index (χ4v) is 1.29. The number of hydrogen-bond acceptors (Lipinski definition) is 3. The third-order valence-electron chi connectivity index (χ3n) is 2.42. The van der Waals surface area contributed by atoms with Crippen LogP contribution in [0.2, 0.25) is 0 Å². The summed E-state index contributed by atoms with van der Waals surface area (Å²) in [4.78, 5) is 25.4. The Morgan fingerprint density at radius 1 is 1.19 bits per heavy atom. The van der Waals surface area contributed by atoms with Crippen LogP contribution in [-0.4, -0.2) is 60.5 Å². The molecule has 0 atom stereocenters. The predicted octanol–water partition coefficient (Wildman–Crippen LogP) is 0.651. The van der Waals surface area contributed by atoms with Gasteiger partial charge >= 0.3 is 5.97 Å². The van der Waals surface area contributed by atoms with E-state index in [1.165, 1.54) is 0 Å². The smallest absolute Gasteiger partial charge is 0.303 e. The summed E-state index contributed by atoms with van der Waals surface area (Å²) < 4.78 is 0. The van der Waals surface area contributed by atoms with Crippen molar-refractivity contribution >= 4 is 11.9 Å². The number of likely N-dealkylation sites (N-methyl/N-ethyl adjacent to an activating group) is 2. The summed E-state index contributed by atoms with van der Waals surface area (Å²) in [7, 11) is 3.47. The number of carbonyl (C=O) groups is 2. The molecule has 0 aromatic rings. The number of hydrogen-bond donors (Lipinski definition) is 1. The van der Waals surface area contributed by atoms with Crippen LogP contribution in [0.25, 0.3) is 0 Å². The molecule has 0 spiro atoms. The van der Waals surface area contributed by atoms with Gasteiger partial charge in [0.25, 0.3) is 0 Å². The summed E-state index contributed by atoms with van der Waals surface area (Å²) in [5.41, 5.74) is 0. The van der Waals surface area contributed by atoms with E-state index < -0.39 is 5.97 Å². The van der Waals surface area contributed by atoms with Gasteiger partial charge in [0, 0.05) is 20.5 Å². The molecule has 0 fully saturated rings. The summed E-state index contributed by atoms with van der Waals surface area (Å²) in [5.74, 6) is -0.674. The molecule has 0 rings (SSSR count). The molecule has 0 aromatic carbocycles. The zero-order chi connectivity index (χ0) is 12.6. The number of carbonyl (C=O) groups excluding carboxylic acids is 1. The van der Waals surface area contributed by atoms with Gasteiger partial charge in [-0.25, -0.2) is 0 Å². The molecule has 1 N–H and O–H groups in total. The van der Waals surface area contributed by atoms with Crippen LogP contribution in [0.15, 0.2) is 0 Å². The second-order valence-electron chi connectivity index (χ2n) is 4.01. The third kappa shape index (κ3) is 7.23. The molecule has 0 aliphatic carbocycles. The second kappa shape index (κ2) is 8.10. The van der Waals surface area contributed by atoms with Gasteiger partial charge in [-0.1, -0.05) is 6.92 Å². The number of carboxylic acid groups (broad SMARTS) is 1. The second-order valence-corrected chi connectivity index (χ2v) is 4.01. The van der Waals surface area contributed by atoms with E-state index >= 15 is 0 Å². The van der Waals surface area contributed by atoms with E-state index in [4.69, 9.17) is 5.11 Å². The monoisotopic (exact) mass is 230 g/mol. The number of nitrogens with zero attached hydrogens (tertiary/aromatic N) is 2. The largest absolute Gasteiger partial charge is 0.481 e. The van der Waals surface area contributed by atoms with Crippen molar-refractivity contribution in [2.24, 2.45) is 0 Å².